The number of likely N-dealkylation sites (N-methyl/N-ethyl adjacent to an activating group) is 1. The number of amides is 1. The number of aromatic carboxylic acids is 1. The standard InChI is InChI=1S/C15H17N3O3/c1-11(18-9-8-13(16-18)15(20)21)14(19)17(2)10-12-6-4-3-5-7-12/h3-9,11H,10H2,1-2H3,(H,20,21). The molecule has 21 heavy (non-hydrogen) atoms. The number of carboxylic acid groups (broad SMARTS) is 1. The Morgan fingerprint density at radius 2 is 1.95 bits per heavy atom. The summed E-state index contributed by atoms with van der Waals surface area (Å²) in [5, 5.41) is 12.7. The molecule has 1 atom stereocenters. The van der Waals surface area contributed by atoms with Gasteiger partial charge in [-0.2, -0.15) is 5.10 Å². The summed E-state index contributed by atoms with van der Waals surface area (Å²) in [6, 6.07) is 10.5. The number of hydrogen-bond donors (Lipinski definition) is 1. The Morgan fingerprint density at radius 1 is 1.29 bits per heavy atom. The third-order valence-electron chi connectivity index (χ3n) is 3.22. The van der Waals surface area contributed by atoms with Crippen LogP contribution in [0.5, 0.6) is 0 Å². The van der Waals surface area contributed by atoms with Crippen LogP contribution in [0.15, 0.2) is 42.6 Å². The normalized spacial score (nSPS) is 11.9. The number of aromatic nitrogens is 2. The molecule has 1 unspecified atom stereocenters. The van der Waals surface area contributed by atoms with Crippen LogP contribution >= 0.6 is 0 Å². The minimum atomic E-state index is -1.11. The van der Waals surface area contributed by atoms with Gasteiger partial charge in [0, 0.05) is 19.8 Å². The van der Waals surface area contributed by atoms with E-state index in [2.05, 4.69) is 5.10 Å². The van der Waals surface area contributed by atoms with Crippen molar-refractivity contribution in [1.29, 1.82) is 0 Å². The summed E-state index contributed by atoms with van der Waals surface area (Å²) in [5.41, 5.74) is 0.965. The zero-order chi connectivity index (χ0) is 15.4. The summed E-state index contributed by atoms with van der Waals surface area (Å²) < 4.78 is 1.37. The van der Waals surface area contributed by atoms with Crippen LogP contribution in [0.3, 0.4) is 0 Å². The highest BCUT2D eigenvalue weighted by atomic mass is 16.4. The Bertz CT molecular complexity index is 637. The molecule has 1 heterocycles. The molecule has 0 saturated carbocycles. The van der Waals surface area contributed by atoms with Crippen LogP contribution in [-0.4, -0.2) is 38.7 Å². The predicted molar refractivity (Wildman–Crippen MR) is 76.8 cm³/mol. The summed E-state index contributed by atoms with van der Waals surface area (Å²) in [7, 11) is 1.72. The van der Waals surface area contributed by atoms with E-state index in [1.54, 1.807) is 18.9 Å². The number of carbonyl (C=O) groups is 2. The van der Waals surface area contributed by atoms with Crippen molar-refractivity contribution in [1.82, 2.24) is 14.7 Å². The van der Waals surface area contributed by atoms with Crippen LogP contribution in [0.2, 0.25) is 0 Å². The Labute approximate surface area is 122 Å². The first-order chi connectivity index (χ1) is 9.99. The number of carbonyl (C=O) groups excluding carboxylic acids is 1. The molecular formula is C15H17N3O3. The van der Waals surface area contributed by atoms with E-state index in [1.165, 1.54) is 16.9 Å². The van der Waals surface area contributed by atoms with Gasteiger partial charge in [0.05, 0.1) is 0 Å². The summed E-state index contributed by atoms with van der Waals surface area (Å²) in [4.78, 5) is 24.8. The third kappa shape index (κ3) is 3.47. The van der Waals surface area contributed by atoms with Gasteiger partial charge in [0.2, 0.25) is 5.91 Å². The maximum Gasteiger partial charge on any atom is 0.356 e. The molecule has 0 aliphatic rings. The summed E-state index contributed by atoms with van der Waals surface area (Å²) >= 11 is 0. The maximum absolute atomic E-state index is 12.3. The van der Waals surface area contributed by atoms with E-state index in [9.17, 15) is 9.59 Å². The van der Waals surface area contributed by atoms with E-state index in [1.807, 2.05) is 30.3 Å². The van der Waals surface area contributed by atoms with Gasteiger partial charge in [0.15, 0.2) is 5.69 Å². The molecule has 0 saturated heterocycles. The summed E-state index contributed by atoms with van der Waals surface area (Å²) in [6.45, 7) is 2.19. The van der Waals surface area contributed by atoms with E-state index >= 15 is 0 Å². The van der Waals surface area contributed by atoms with Crippen molar-refractivity contribution in [3.63, 3.8) is 0 Å². The second-order valence-electron chi connectivity index (χ2n) is 4.84. The van der Waals surface area contributed by atoms with Gasteiger partial charge in [-0.3, -0.25) is 9.48 Å². The number of nitrogens with zero attached hydrogens (tertiary/aromatic N) is 3. The van der Waals surface area contributed by atoms with Crippen LogP contribution in [-0.2, 0) is 11.3 Å². The molecule has 0 aliphatic carbocycles. The lowest BCUT2D eigenvalue weighted by Gasteiger charge is -2.21. The lowest BCUT2D eigenvalue weighted by Crippen LogP contribution is -2.33. The van der Waals surface area contributed by atoms with Crippen LogP contribution < -0.4 is 0 Å². The van der Waals surface area contributed by atoms with Crippen LogP contribution in [0.25, 0.3) is 0 Å². The highest BCUT2D eigenvalue weighted by molar-refractivity contribution is 5.85. The monoisotopic (exact) mass is 287 g/mol. The number of hydrogen-bond acceptors (Lipinski definition) is 3. The fraction of sp³-hybridized carbons (Fsp3) is 0.267. The van der Waals surface area contributed by atoms with Gasteiger partial charge in [-0.25, -0.2) is 4.79 Å². The Morgan fingerprint density at radius 3 is 2.52 bits per heavy atom. The van der Waals surface area contributed by atoms with Gasteiger partial charge in [0.25, 0.3) is 0 Å². The van der Waals surface area contributed by atoms with E-state index in [4.69, 9.17) is 5.11 Å². The highest BCUT2D eigenvalue weighted by Gasteiger charge is 2.21. The lowest BCUT2D eigenvalue weighted by molar-refractivity contribution is -0.133. The maximum atomic E-state index is 12.3. The van der Waals surface area contributed by atoms with Crippen LogP contribution in [0.4, 0.5) is 0 Å². The average Bonchev–Trinajstić information content (AvgIpc) is 2.96. The topological polar surface area (TPSA) is 75.4 Å². The predicted octanol–water partition coefficient (Wildman–Crippen LogP) is 1.80. The zero-order valence-electron chi connectivity index (χ0n) is 11.9. The molecule has 1 N–H and O–H groups in total. The quantitative estimate of drug-likeness (QED) is 0.910. The molecule has 0 bridgehead atoms. The first-order valence-electron chi connectivity index (χ1n) is 6.56. The first-order valence-corrected chi connectivity index (χ1v) is 6.56. The molecular weight excluding hydrogens is 270 g/mol. The SMILES string of the molecule is CC(C(=O)N(C)Cc1ccccc1)n1ccc(C(=O)O)n1. The van der Waals surface area contributed by atoms with Gasteiger partial charge in [-0.15, -0.1) is 0 Å². The third-order valence-corrected chi connectivity index (χ3v) is 3.22. The largest absolute Gasteiger partial charge is 0.476 e. The molecule has 0 aliphatic heterocycles. The van der Waals surface area contributed by atoms with Crippen molar-refractivity contribution < 1.29 is 14.7 Å². The van der Waals surface area contributed by atoms with Crippen molar-refractivity contribution in [2.24, 2.45) is 0 Å². The van der Waals surface area contributed by atoms with E-state index in [0.717, 1.165) is 5.56 Å². The van der Waals surface area contributed by atoms with Crippen molar-refractivity contribution in [2.75, 3.05) is 7.05 Å². The molecule has 0 radical (unpaired) electrons. The average molecular weight is 287 g/mol. The smallest absolute Gasteiger partial charge is 0.356 e. The summed E-state index contributed by atoms with van der Waals surface area (Å²) in [5.74, 6) is -1.23. The van der Waals surface area contributed by atoms with Crippen molar-refractivity contribution >= 4 is 11.9 Å². The van der Waals surface area contributed by atoms with Crippen LogP contribution in [0.1, 0.15) is 29.0 Å². The Kier molecular flexibility index (Phi) is 4.37. The molecule has 1 amide bonds. The second-order valence-corrected chi connectivity index (χ2v) is 4.84. The van der Waals surface area contributed by atoms with E-state index < -0.39 is 12.0 Å². The molecule has 1 aromatic heterocycles. The molecule has 2 aromatic rings. The highest BCUT2D eigenvalue weighted by Crippen LogP contribution is 2.12. The number of rotatable bonds is 5. The molecule has 6 nitrogen and oxygen atoms in total. The molecule has 2 rings (SSSR count). The zero-order valence-corrected chi connectivity index (χ0v) is 11.9. The fourth-order valence-electron chi connectivity index (χ4n) is 2.04. The Hall–Kier alpha value is -2.63. The summed E-state index contributed by atoms with van der Waals surface area (Å²) in [6.07, 6.45) is 1.50. The van der Waals surface area contributed by atoms with Gasteiger partial charge in [-0.05, 0) is 18.6 Å². The van der Waals surface area contributed by atoms with Gasteiger partial charge in [-0.1, -0.05) is 30.3 Å². The fourth-order valence-corrected chi connectivity index (χ4v) is 2.04. The van der Waals surface area contributed by atoms with Crippen LogP contribution in [0, 0.1) is 0 Å². The molecule has 0 fully saturated rings. The second kappa shape index (κ2) is 6.21. The van der Waals surface area contributed by atoms with Gasteiger partial charge >= 0.3 is 5.97 Å². The minimum absolute atomic E-state index is 0.0691. The molecule has 6 heteroatoms. The first kappa shape index (κ1) is 14.8. The molecule has 0 spiro atoms. The van der Waals surface area contributed by atoms with E-state index in [0.29, 0.717) is 6.54 Å². The molecule has 110 valence electrons. The van der Waals surface area contributed by atoms with Crippen molar-refractivity contribution in [2.45, 2.75) is 19.5 Å². The number of carboxylic acids is 1. The van der Waals surface area contributed by atoms with Crippen molar-refractivity contribution in [3.05, 3.63) is 53.9 Å². The van der Waals surface area contributed by atoms with Gasteiger partial charge < -0.3 is 10.0 Å². The Balaban J connectivity index is 2.05. The van der Waals surface area contributed by atoms with E-state index in [-0.39, 0.29) is 11.6 Å². The van der Waals surface area contributed by atoms with Crippen molar-refractivity contribution in [3.8, 4) is 0 Å². The van der Waals surface area contributed by atoms with Gasteiger partial charge in [0.1, 0.15) is 6.04 Å². The minimum Gasteiger partial charge on any atom is -0.476 e. The molecule has 1 aromatic carbocycles. The lowest BCUT2D eigenvalue weighted by atomic mass is 10.2. The number of benzene rings is 1.